The SMILES string of the molecule is C/C=N\OC(=O)c1cccc([N+](=O)[O-])c1. The van der Waals surface area contributed by atoms with Crippen LogP contribution in [-0.2, 0) is 4.84 Å². The lowest BCUT2D eigenvalue weighted by Crippen LogP contribution is -2.01. The van der Waals surface area contributed by atoms with Gasteiger partial charge in [0.2, 0.25) is 0 Å². The molecule has 0 aliphatic rings. The maximum Gasteiger partial charge on any atom is 0.365 e. The molecule has 6 heteroatoms. The number of benzene rings is 1. The van der Waals surface area contributed by atoms with Gasteiger partial charge in [0, 0.05) is 18.3 Å². The molecule has 6 nitrogen and oxygen atoms in total. The minimum Gasteiger partial charge on any atom is -0.313 e. The Morgan fingerprint density at radius 3 is 2.93 bits per heavy atom. The number of hydrogen-bond acceptors (Lipinski definition) is 5. The molecule has 0 amide bonds. The summed E-state index contributed by atoms with van der Waals surface area (Å²) in [4.78, 5) is 25.5. The zero-order chi connectivity index (χ0) is 11.3. The number of nitro groups is 1. The molecule has 1 aromatic carbocycles. The van der Waals surface area contributed by atoms with Gasteiger partial charge in [0.15, 0.2) is 0 Å². The van der Waals surface area contributed by atoms with Gasteiger partial charge in [0.1, 0.15) is 0 Å². The first-order chi connectivity index (χ1) is 7.15. The average Bonchev–Trinajstić information content (AvgIpc) is 2.26. The molecule has 0 heterocycles. The van der Waals surface area contributed by atoms with Crippen LogP contribution < -0.4 is 0 Å². The Hall–Kier alpha value is -2.24. The van der Waals surface area contributed by atoms with E-state index in [9.17, 15) is 14.9 Å². The lowest BCUT2D eigenvalue weighted by molar-refractivity contribution is -0.384. The Kier molecular flexibility index (Phi) is 3.50. The molecular formula is C9H8N2O4. The molecule has 0 bridgehead atoms. The second kappa shape index (κ2) is 4.85. The average molecular weight is 208 g/mol. The van der Waals surface area contributed by atoms with Crippen molar-refractivity contribution in [2.24, 2.45) is 5.16 Å². The van der Waals surface area contributed by atoms with E-state index in [1.165, 1.54) is 24.4 Å². The van der Waals surface area contributed by atoms with Gasteiger partial charge in [-0.05, 0) is 13.0 Å². The first-order valence-electron chi connectivity index (χ1n) is 4.09. The largest absolute Gasteiger partial charge is 0.365 e. The summed E-state index contributed by atoms with van der Waals surface area (Å²) in [5.74, 6) is -0.725. The topological polar surface area (TPSA) is 81.8 Å². The number of non-ortho nitro benzene ring substituents is 1. The highest BCUT2D eigenvalue weighted by atomic mass is 16.7. The lowest BCUT2D eigenvalue weighted by Gasteiger charge is -1.97. The molecule has 0 saturated carbocycles. The smallest absolute Gasteiger partial charge is 0.313 e. The molecule has 0 aliphatic carbocycles. The monoisotopic (exact) mass is 208 g/mol. The van der Waals surface area contributed by atoms with E-state index in [2.05, 4.69) is 9.99 Å². The van der Waals surface area contributed by atoms with E-state index in [1.54, 1.807) is 6.92 Å². The summed E-state index contributed by atoms with van der Waals surface area (Å²) in [7, 11) is 0. The number of rotatable bonds is 3. The summed E-state index contributed by atoms with van der Waals surface area (Å²) in [5, 5.41) is 13.7. The minimum atomic E-state index is -0.725. The van der Waals surface area contributed by atoms with Crippen molar-refractivity contribution in [2.45, 2.75) is 6.92 Å². The van der Waals surface area contributed by atoms with Gasteiger partial charge in [0.25, 0.3) is 5.69 Å². The van der Waals surface area contributed by atoms with Crippen molar-refractivity contribution in [3.63, 3.8) is 0 Å². The second-order valence-electron chi connectivity index (χ2n) is 2.55. The standard InChI is InChI=1S/C9H8N2O4/c1-2-10-15-9(12)7-4-3-5-8(6-7)11(13)14/h2-6H,1H3/b10-2-. The van der Waals surface area contributed by atoms with Gasteiger partial charge in [-0.25, -0.2) is 4.79 Å². The highest BCUT2D eigenvalue weighted by molar-refractivity contribution is 5.90. The van der Waals surface area contributed by atoms with Crippen molar-refractivity contribution in [3.05, 3.63) is 39.9 Å². The van der Waals surface area contributed by atoms with Crippen LogP contribution in [0.15, 0.2) is 29.4 Å². The molecule has 0 N–H and O–H groups in total. The Bertz CT molecular complexity index is 414. The molecule has 78 valence electrons. The normalized spacial score (nSPS) is 10.2. The van der Waals surface area contributed by atoms with Gasteiger partial charge in [-0.15, -0.1) is 0 Å². The van der Waals surface area contributed by atoms with E-state index in [0.29, 0.717) is 0 Å². The third kappa shape index (κ3) is 2.87. The number of nitro benzene ring substituents is 1. The van der Waals surface area contributed by atoms with E-state index >= 15 is 0 Å². The molecule has 0 spiro atoms. The van der Waals surface area contributed by atoms with E-state index < -0.39 is 10.9 Å². The Morgan fingerprint density at radius 2 is 2.33 bits per heavy atom. The molecule has 0 unspecified atom stereocenters. The Balaban J connectivity index is 2.90. The molecule has 15 heavy (non-hydrogen) atoms. The van der Waals surface area contributed by atoms with Crippen LogP contribution in [0.1, 0.15) is 17.3 Å². The lowest BCUT2D eigenvalue weighted by atomic mass is 10.2. The van der Waals surface area contributed by atoms with Crippen molar-refractivity contribution in [1.82, 2.24) is 0 Å². The van der Waals surface area contributed by atoms with Crippen LogP contribution in [-0.4, -0.2) is 17.1 Å². The highest BCUT2D eigenvalue weighted by Gasteiger charge is 2.12. The van der Waals surface area contributed by atoms with Crippen molar-refractivity contribution < 1.29 is 14.6 Å². The molecule has 0 atom stereocenters. The predicted octanol–water partition coefficient (Wildman–Crippen LogP) is 1.76. The van der Waals surface area contributed by atoms with Crippen LogP contribution in [0.4, 0.5) is 5.69 Å². The number of oxime groups is 1. The third-order valence-electron chi connectivity index (χ3n) is 1.53. The van der Waals surface area contributed by atoms with Gasteiger partial charge >= 0.3 is 5.97 Å². The van der Waals surface area contributed by atoms with Gasteiger partial charge in [0.05, 0.1) is 10.5 Å². The number of carbonyl (C=O) groups is 1. The van der Waals surface area contributed by atoms with Crippen molar-refractivity contribution in [3.8, 4) is 0 Å². The number of carbonyl (C=O) groups excluding carboxylic acids is 1. The first-order valence-corrected chi connectivity index (χ1v) is 4.09. The van der Waals surface area contributed by atoms with E-state index in [0.717, 1.165) is 6.07 Å². The fourth-order valence-corrected chi connectivity index (χ4v) is 0.900. The van der Waals surface area contributed by atoms with Gasteiger partial charge in [-0.3, -0.25) is 10.1 Å². The Labute approximate surface area is 85.3 Å². The summed E-state index contributed by atoms with van der Waals surface area (Å²) in [6, 6.07) is 5.25. The van der Waals surface area contributed by atoms with E-state index in [1.807, 2.05) is 0 Å². The highest BCUT2D eigenvalue weighted by Crippen LogP contribution is 2.13. The van der Waals surface area contributed by atoms with Crippen LogP contribution in [0, 0.1) is 10.1 Å². The zero-order valence-corrected chi connectivity index (χ0v) is 7.91. The molecule has 1 rings (SSSR count). The molecule has 1 aromatic rings. The van der Waals surface area contributed by atoms with Crippen molar-refractivity contribution >= 4 is 17.9 Å². The summed E-state index contributed by atoms with van der Waals surface area (Å²) in [6.07, 6.45) is 1.30. The molecule has 0 saturated heterocycles. The summed E-state index contributed by atoms with van der Waals surface area (Å²) in [6.45, 7) is 1.58. The van der Waals surface area contributed by atoms with Crippen LogP contribution in [0.5, 0.6) is 0 Å². The van der Waals surface area contributed by atoms with Crippen LogP contribution in [0.25, 0.3) is 0 Å². The van der Waals surface area contributed by atoms with Crippen molar-refractivity contribution in [1.29, 1.82) is 0 Å². The Morgan fingerprint density at radius 1 is 1.60 bits per heavy atom. The molecule has 0 aliphatic heterocycles. The fraction of sp³-hybridized carbons (Fsp3) is 0.111. The molecule has 0 radical (unpaired) electrons. The third-order valence-corrected chi connectivity index (χ3v) is 1.53. The van der Waals surface area contributed by atoms with Gasteiger partial charge in [-0.1, -0.05) is 11.2 Å². The molecular weight excluding hydrogens is 200 g/mol. The summed E-state index contributed by atoms with van der Waals surface area (Å²) in [5.41, 5.74) is -0.0697. The number of hydrogen-bond donors (Lipinski definition) is 0. The number of nitrogens with zero attached hydrogens (tertiary/aromatic N) is 2. The summed E-state index contributed by atoms with van der Waals surface area (Å²) < 4.78 is 0. The van der Waals surface area contributed by atoms with Gasteiger partial charge < -0.3 is 4.84 Å². The minimum absolute atomic E-state index is 0.0924. The van der Waals surface area contributed by atoms with Gasteiger partial charge in [-0.2, -0.15) is 0 Å². The zero-order valence-electron chi connectivity index (χ0n) is 7.91. The second-order valence-corrected chi connectivity index (χ2v) is 2.55. The fourth-order valence-electron chi connectivity index (χ4n) is 0.900. The maximum absolute atomic E-state index is 11.2. The molecule has 0 aromatic heterocycles. The first kappa shape index (κ1) is 10.8. The van der Waals surface area contributed by atoms with E-state index in [-0.39, 0.29) is 11.3 Å². The molecule has 0 fully saturated rings. The summed E-state index contributed by atoms with van der Waals surface area (Å²) >= 11 is 0. The van der Waals surface area contributed by atoms with Crippen molar-refractivity contribution in [2.75, 3.05) is 0 Å². The van der Waals surface area contributed by atoms with Crippen LogP contribution in [0.2, 0.25) is 0 Å². The van der Waals surface area contributed by atoms with Crippen LogP contribution in [0.3, 0.4) is 0 Å². The van der Waals surface area contributed by atoms with Crippen LogP contribution >= 0.6 is 0 Å². The van der Waals surface area contributed by atoms with E-state index in [4.69, 9.17) is 0 Å². The quantitative estimate of drug-likeness (QED) is 0.328. The maximum atomic E-state index is 11.2. The predicted molar refractivity (Wildman–Crippen MR) is 52.7 cm³/mol.